The molecule has 2 aromatic rings. The average Bonchev–Trinajstić information content (AvgIpc) is 2.49. The molecule has 112 valence electrons. The number of benzene rings is 2. The zero-order valence-electron chi connectivity index (χ0n) is 12.4. The van der Waals surface area contributed by atoms with Gasteiger partial charge in [-0.2, -0.15) is 0 Å². The Kier molecular flexibility index (Phi) is 6.09. The third-order valence-electron chi connectivity index (χ3n) is 3.41. The van der Waals surface area contributed by atoms with Gasteiger partial charge in [-0.25, -0.2) is 0 Å². The smallest absolute Gasteiger partial charge is 0.130 e. The standard InChI is InChI=1S/C18H22ClNO/c1-2-3-4-14-5-8-17(9-6-14)21-18-10-7-16(19)13-15(18)11-12-20/h5-10,13H,2-4,11-12,20H2,1H3. The topological polar surface area (TPSA) is 35.2 Å². The van der Waals surface area contributed by atoms with Crippen LogP contribution < -0.4 is 10.5 Å². The Bertz CT molecular complexity index is 566. The van der Waals surface area contributed by atoms with Gasteiger partial charge in [-0.15, -0.1) is 0 Å². The maximum absolute atomic E-state index is 6.03. The molecule has 2 N–H and O–H groups in total. The molecule has 2 nitrogen and oxygen atoms in total. The minimum Gasteiger partial charge on any atom is -0.457 e. The maximum Gasteiger partial charge on any atom is 0.130 e. The summed E-state index contributed by atoms with van der Waals surface area (Å²) in [4.78, 5) is 0. The lowest BCUT2D eigenvalue weighted by molar-refractivity contribution is 0.476. The van der Waals surface area contributed by atoms with Crippen LogP contribution in [0.3, 0.4) is 0 Å². The van der Waals surface area contributed by atoms with Gasteiger partial charge in [-0.1, -0.05) is 37.1 Å². The van der Waals surface area contributed by atoms with Crippen LogP contribution in [-0.2, 0) is 12.8 Å². The van der Waals surface area contributed by atoms with Crippen LogP contribution in [-0.4, -0.2) is 6.54 Å². The summed E-state index contributed by atoms with van der Waals surface area (Å²) in [6.07, 6.45) is 4.31. The van der Waals surface area contributed by atoms with Crippen molar-refractivity contribution in [2.24, 2.45) is 5.73 Å². The van der Waals surface area contributed by atoms with E-state index in [2.05, 4.69) is 19.1 Å². The number of unbranched alkanes of at least 4 members (excludes halogenated alkanes) is 1. The van der Waals surface area contributed by atoms with E-state index in [1.54, 1.807) is 0 Å². The average molecular weight is 304 g/mol. The fraction of sp³-hybridized carbons (Fsp3) is 0.333. The summed E-state index contributed by atoms with van der Waals surface area (Å²) in [7, 11) is 0. The number of hydrogen-bond donors (Lipinski definition) is 1. The second-order valence-electron chi connectivity index (χ2n) is 5.14. The normalized spacial score (nSPS) is 10.6. The summed E-state index contributed by atoms with van der Waals surface area (Å²) in [5, 5.41) is 0.709. The summed E-state index contributed by atoms with van der Waals surface area (Å²) < 4.78 is 5.96. The Hall–Kier alpha value is -1.51. The Morgan fingerprint density at radius 1 is 1.05 bits per heavy atom. The number of aryl methyl sites for hydroxylation is 1. The molecule has 0 spiro atoms. The first-order valence-corrected chi connectivity index (χ1v) is 7.86. The molecule has 2 aromatic carbocycles. The fourth-order valence-corrected chi connectivity index (χ4v) is 2.43. The van der Waals surface area contributed by atoms with E-state index < -0.39 is 0 Å². The van der Waals surface area contributed by atoms with E-state index in [-0.39, 0.29) is 0 Å². The zero-order chi connectivity index (χ0) is 15.1. The van der Waals surface area contributed by atoms with E-state index in [4.69, 9.17) is 22.1 Å². The van der Waals surface area contributed by atoms with Crippen LogP contribution in [0.15, 0.2) is 42.5 Å². The van der Waals surface area contributed by atoms with Crippen LogP contribution >= 0.6 is 11.6 Å². The van der Waals surface area contributed by atoms with E-state index in [0.717, 1.165) is 29.9 Å². The summed E-state index contributed by atoms with van der Waals surface area (Å²) in [5.74, 6) is 1.67. The summed E-state index contributed by atoms with van der Waals surface area (Å²) in [6, 6.07) is 14.0. The summed E-state index contributed by atoms with van der Waals surface area (Å²) in [6.45, 7) is 2.78. The number of ether oxygens (including phenoxy) is 1. The third-order valence-corrected chi connectivity index (χ3v) is 3.64. The Labute approximate surface area is 131 Å². The SMILES string of the molecule is CCCCc1ccc(Oc2ccc(Cl)cc2CCN)cc1. The van der Waals surface area contributed by atoms with Crippen LogP contribution in [0.1, 0.15) is 30.9 Å². The molecule has 0 aromatic heterocycles. The van der Waals surface area contributed by atoms with Gasteiger partial charge in [-0.05, 0) is 67.3 Å². The predicted octanol–water partition coefficient (Wildman–Crippen LogP) is 4.98. The first kappa shape index (κ1) is 15.9. The highest BCUT2D eigenvalue weighted by molar-refractivity contribution is 6.30. The molecule has 0 fully saturated rings. The number of rotatable bonds is 7. The molecule has 0 aliphatic rings. The molecule has 0 aliphatic heterocycles. The van der Waals surface area contributed by atoms with Crippen LogP contribution in [0, 0.1) is 0 Å². The first-order chi connectivity index (χ1) is 10.2. The minimum atomic E-state index is 0.576. The number of halogens is 1. The molecule has 21 heavy (non-hydrogen) atoms. The number of hydrogen-bond acceptors (Lipinski definition) is 2. The summed E-state index contributed by atoms with van der Waals surface area (Å²) >= 11 is 6.03. The van der Waals surface area contributed by atoms with E-state index in [1.165, 1.54) is 18.4 Å². The van der Waals surface area contributed by atoms with Crippen molar-refractivity contribution in [3.05, 3.63) is 58.6 Å². The van der Waals surface area contributed by atoms with Crippen molar-refractivity contribution >= 4 is 11.6 Å². The van der Waals surface area contributed by atoms with Gasteiger partial charge < -0.3 is 10.5 Å². The van der Waals surface area contributed by atoms with Crippen molar-refractivity contribution in [2.45, 2.75) is 32.6 Å². The molecular weight excluding hydrogens is 282 g/mol. The highest BCUT2D eigenvalue weighted by atomic mass is 35.5. The van der Waals surface area contributed by atoms with Crippen LogP contribution in [0.25, 0.3) is 0 Å². The lowest BCUT2D eigenvalue weighted by Gasteiger charge is -2.11. The Morgan fingerprint density at radius 3 is 2.48 bits per heavy atom. The molecule has 0 atom stereocenters. The zero-order valence-corrected chi connectivity index (χ0v) is 13.2. The minimum absolute atomic E-state index is 0.576. The Balaban J connectivity index is 2.10. The van der Waals surface area contributed by atoms with Crippen molar-refractivity contribution in [2.75, 3.05) is 6.54 Å². The molecule has 0 radical (unpaired) electrons. The molecule has 2 rings (SSSR count). The van der Waals surface area contributed by atoms with Crippen molar-refractivity contribution in [1.82, 2.24) is 0 Å². The number of nitrogens with two attached hydrogens (primary N) is 1. The lowest BCUT2D eigenvalue weighted by atomic mass is 10.1. The van der Waals surface area contributed by atoms with Crippen molar-refractivity contribution in [3.8, 4) is 11.5 Å². The van der Waals surface area contributed by atoms with Gasteiger partial charge in [0.25, 0.3) is 0 Å². The van der Waals surface area contributed by atoms with Gasteiger partial charge in [-0.3, -0.25) is 0 Å². The van der Waals surface area contributed by atoms with Crippen molar-refractivity contribution in [3.63, 3.8) is 0 Å². The second-order valence-corrected chi connectivity index (χ2v) is 5.58. The molecule has 0 amide bonds. The Morgan fingerprint density at radius 2 is 1.81 bits per heavy atom. The van der Waals surface area contributed by atoms with E-state index >= 15 is 0 Å². The van der Waals surface area contributed by atoms with Gasteiger partial charge in [0, 0.05) is 5.02 Å². The highest BCUT2D eigenvalue weighted by Crippen LogP contribution is 2.28. The van der Waals surface area contributed by atoms with Gasteiger partial charge in [0.1, 0.15) is 11.5 Å². The quantitative estimate of drug-likeness (QED) is 0.783. The van der Waals surface area contributed by atoms with E-state index in [0.29, 0.717) is 11.6 Å². The summed E-state index contributed by atoms with van der Waals surface area (Å²) in [5.41, 5.74) is 8.03. The largest absolute Gasteiger partial charge is 0.457 e. The molecule has 0 bridgehead atoms. The fourth-order valence-electron chi connectivity index (χ4n) is 2.23. The van der Waals surface area contributed by atoms with E-state index in [9.17, 15) is 0 Å². The van der Waals surface area contributed by atoms with Crippen molar-refractivity contribution < 1.29 is 4.74 Å². The molecule has 0 saturated carbocycles. The van der Waals surface area contributed by atoms with E-state index in [1.807, 2.05) is 30.3 Å². The van der Waals surface area contributed by atoms with Gasteiger partial charge in [0.2, 0.25) is 0 Å². The van der Waals surface area contributed by atoms with Crippen LogP contribution in [0.2, 0.25) is 5.02 Å². The second kappa shape index (κ2) is 8.06. The van der Waals surface area contributed by atoms with Gasteiger partial charge >= 0.3 is 0 Å². The van der Waals surface area contributed by atoms with Crippen LogP contribution in [0.4, 0.5) is 0 Å². The highest BCUT2D eigenvalue weighted by Gasteiger charge is 2.06. The molecule has 0 heterocycles. The molecule has 3 heteroatoms. The van der Waals surface area contributed by atoms with Crippen LogP contribution in [0.5, 0.6) is 11.5 Å². The third kappa shape index (κ3) is 4.76. The van der Waals surface area contributed by atoms with Gasteiger partial charge in [0.15, 0.2) is 0 Å². The molecular formula is C18H22ClNO. The lowest BCUT2D eigenvalue weighted by Crippen LogP contribution is -2.04. The first-order valence-electron chi connectivity index (χ1n) is 7.48. The molecule has 0 aliphatic carbocycles. The van der Waals surface area contributed by atoms with Crippen molar-refractivity contribution in [1.29, 1.82) is 0 Å². The maximum atomic E-state index is 6.03. The predicted molar refractivity (Wildman–Crippen MR) is 89.3 cm³/mol. The molecule has 0 unspecified atom stereocenters. The monoisotopic (exact) mass is 303 g/mol. The molecule has 0 saturated heterocycles. The van der Waals surface area contributed by atoms with Gasteiger partial charge in [0.05, 0.1) is 0 Å².